The maximum Gasteiger partial charge on any atom is 0.271 e. The van der Waals surface area contributed by atoms with Crippen molar-refractivity contribution in [3.05, 3.63) is 138 Å². The summed E-state index contributed by atoms with van der Waals surface area (Å²) in [4.78, 5) is 16.0. The van der Waals surface area contributed by atoms with Gasteiger partial charge in [-0.05, 0) is 47.0 Å². The Kier molecular flexibility index (Phi) is 7.04. The minimum absolute atomic E-state index is 0.112. The third-order valence-electron chi connectivity index (χ3n) is 5.87. The molecule has 3 aromatic carbocycles. The van der Waals surface area contributed by atoms with Gasteiger partial charge in [0.15, 0.2) is 0 Å². The average molecular weight is 472 g/mol. The molecule has 1 aromatic heterocycles. The van der Waals surface area contributed by atoms with E-state index in [1.807, 2.05) is 48.5 Å². The highest BCUT2D eigenvalue weighted by molar-refractivity contribution is 6.01. The van der Waals surface area contributed by atoms with Gasteiger partial charge in [-0.15, -0.1) is 0 Å². The molecule has 1 aliphatic heterocycles. The standard InChI is InChI=1S/C30H25N5O/c36-30(26-17-19-31-20-18-26)33-32-22-24-12-15-28(16-13-24)35-29(25-9-5-2-6-10-25)21-27(34-35)14-11-23-7-3-1-4-8-23/h1-20,22,29H,21H2,(H,33,36). The summed E-state index contributed by atoms with van der Waals surface area (Å²) in [5, 5.41) is 11.1. The first-order valence-electron chi connectivity index (χ1n) is 11.7. The van der Waals surface area contributed by atoms with Crippen LogP contribution in [0.2, 0.25) is 0 Å². The quantitative estimate of drug-likeness (QED) is 0.271. The van der Waals surface area contributed by atoms with Crippen LogP contribution in [0.3, 0.4) is 0 Å². The van der Waals surface area contributed by atoms with E-state index in [0.717, 1.165) is 28.9 Å². The fourth-order valence-electron chi connectivity index (χ4n) is 4.01. The molecule has 0 spiro atoms. The Morgan fingerprint density at radius 2 is 1.53 bits per heavy atom. The highest BCUT2D eigenvalue weighted by atomic mass is 16.2. The van der Waals surface area contributed by atoms with Crippen LogP contribution in [0.4, 0.5) is 5.69 Å². The topological polar surface area (TPSA) is 70.0 Å². The van der Waals surface area contributed by atoms with Crippen molar-refractivity contribution in [3.63, 3.8) is 0 Å². The Morgan fingerprint density at radius 3 is 2.25 bits per heavy atom. The number of benzene rings is 3. The zero-order chi connectivity index (χ0) is 24.6. The Bertz CT molecular complexity index is 1380. The van der Waals surface area contributed by atoms with Crippen LogP contribution in [0.15, 0.2) is 126 Å². The van der Waals surface area contributed by atoms with Gasteiger partial charge in [-0.3, -0.25) is 14.8 Å². The molecule has 36 heavy (non-hydrogen) atoms. The van der Waals surface area contributed by atoms with E-state index in [1.165, 1.54) is 5.56 Å². The number of pyridine rings is 1. The molecule has 0 saturated heterocycles. The molecule has 0 aliphatic carbocycles. The van der Waals surface area contributed by atoms with Gasteiger partial charge in [0.1, 0.15) is 0 Å². The summed E-state index contributed by atoms with van der Waals surface area (Å²) in [5.41, 5.74) is 8.30. The van der Waals surface area contributed by atoms with E-state index in [4.69, 9.17) is 5.10 Å². The molecule has 1 unspecified atom stereocenters. The zero-order valence-electron chi connectivity index (χ0n) is 19.6. The molecule has 1 N–H and O–H groups in total. The maximum atomic E-state index is 12.1. The smallest absolute Gasteiger partial charge is 0.267 e. The molecule has 4 aromatic rings. The molecule has 1 amide bonds. The Labute approximate surface area is 210 Å². The van der Waals surface area contributed by atoms with Gasteiger partial charge >= 0.3 is 0 Å². The monoisotopic (exact) mass is 471 g/mol. The van der Waals surface area contributed by atoms with Crippen LogP contribution in [-0.2, 0) is 0 Å². The predicted octanol–water partition coefficient (Wildman–Crippen LogP) is 5.87. The van der Waals surface area contributed by atoms with E-state index in [9.17, 15) is 4.79 Å². The Balaban J connectivity index is 1.32. The van der Waals surface area contributed by atoms with Gasteiger partial charge in [0.2, 0.25) is 0 Å². The Morgan fingerprint density at radius 1 is 0.833 bits per heavy atom. The van der Waals surface area contributed by atoms with Crippen molar-refractivity contribution < 1.29 is 4.79 Å². The van der Waals surface area contributed by atoms with E-state index >= 15 is 0 Å². The number of rotatable bonds is 7. The number of hydrogen-bond acceptors (Lipinski definition) is 5. The van der Waals surface area contributed by atoms with Crippen molar-refractivity contribution in [1.82, 2.24) is 10.4 Å². The molecule has 176 valence electrons. The van der Waals surface area contributed by atoms with Crippen LogP contribution in [-0.4, -0.2) is 22.8 Å². The highest BCUT2D eigenvalue weighted by Gasteiger charge is 2.28. The van der Waals surface area contributed by atoms with Gasteiger partial charge in [-0.1, -0.05) is 78.9 Å². The van der Waals surface area contributed by atoms with Crippen molar-refractivity contribution in [2.45, 2.75) is 12.5 Å². The summed E-state index contributed by atoms with van der Waals surface area (Å²) in [5.74, 6) is -0.279. The molecule has 1 atom stereocenters. The first kappa shape index (κ1) is 22.9. The zero-order valence-corrected chi connectivity index (χ0v) is 19.6. The molecular formula is C30H25N5O. The van der Waals surface area contributed by atoms with Crippen LogP contribution in [0.25, 0.3) is 6.08 Å². The number of carbonyl (C=O) groups excluding carboxylic acids is 1. The van der Waals surface area contributed by atoms with Gasteiger partial charge in [-0.2, -0.15) is 10.2 Å². The van der Waals surface area contributed by atoms with E-state index in [1.54, 1.807) is 30.7 Å². The maximum absolute atomic E-state index is 12.1. The van der Waals surface area contributed by atoms with Gasteiger partial charge in [0.25, 0.3) is 5.91 Å². The second kappa shape index (κ2) is 11.1. The van der Waals surface area contributed by atoms with Crippen LogP contribution < -0.4 is 10.4 Å². The highest BCUT2D eigenvalue weighted by Crippen LogP contribution is 2.35. The van der Waals surface area contributed by atoms with E-state index in [-0.39, 0.29) is 11.9 Å². The van der Waals surface area contributed by atoms with Crippen LogP contribution >= 0.6 is 0 Å². The van der Waals surface area contributed by atoms with E-state index in [2.05, 4.69) is 69.1 Å². The molecule has 0 bridgehead atoms. The van der Waals surface area contributed by atoms with Gasteiger partial charge < -0.3 is 0 Å². The lowest BCUT2D eigenvalue weighted by atomic mass is 10.0. The number of hydrogen-bond donors (Lipinski definition) is 1. The van der Waals surface area contributed by atoms with Crippen molar-refractivity contribution in [2.75, 3.05) is 5.01 Å². The lowest BCUT2D eigenvalue weighted by Crippen LogP contribution is -2.18. The van der Waals surface area contributed by atoms with Gasteiger partial charge in [-0.25, -0.2) is 5.43 Å². The third kappa shape index (κ3) is 5.62. The predicted molar refractivity (Wildman–Crippen MR) is 145 cm³/mol. The molecule has 6 nitrogen and oxygen atoms in total. The average Bonchev–Trinajstić information content (AvgIpc) is 3.38. The number of amides is 1. The first-order chi connectivity index (χ1) is 17.8. The number of nitrogens with one attached hydrogen (secondary N) is 1. The number of anilines is 1. The van der Waals surface area contributed by atoms with Crippen LogP contribution in [0.5, 0.6) is 0 Å². The summed E-state index contributed by atoms with van der Waals surface area (Å²) >= 11 is 0. The largest absolute Gasteiger partial charge is 0.271 e. The van der Waals surface area contributed by atoms with Crippen molar-refractivity contribution in [3.8, 4) is 0 Å². The fraction of sp³-hybridized carbons (Fsp3) is 0.0667. The summed E-state index contributed by atoms with van der Waals surface area (Å²) in [7, 11) is 0. The SMILES string of the molecule is O=C(NN=Cc1ccc(N2N=C(C=Cc3ccccc3)CC2c2ccccc2)cc1)c1ccncc1. The van der Waals surface area contributed by atoms with Crippen LogP contribution in [0.1, 0.15) is 39.5 Å². The van der Waals surface area contributed by atoms with Crippen molar-refractivity contribution >= 4 is 29.6 Å². The normalized spacial score (nSPS) is 15.4. The first-order valence-corrected chi connectivity index (χ1v) is 11.7. The number of nitrogens with zero attached hydrogens (tertiary/aromatic N) is 4. The van der Waals surface area contributed by atoms with E-state index in [0.29, 0.717) is 5.56 Å². The molecule has 6 heteroatoms. The fourth-order valence-corrected chi connectivity index (χ4v) is 4.01. The molecule has 1 aliphatic rings. The minimum atomic E-state index is -0.279. The molecule has 0 saturated carbocycles. The number of aromatic nitrogens is 1. The summed E-state index contributed by atoms with van der Waals surface area (Å²) in [6, 6.07) is 32.0. The van der Waals surface area contributed by atoms with Gasteiger partial charge in [0.05, 0.1) is 23.7 Å². The van der Waals surface area contributed by atoms with Crippen molar-refractivity contribution in [1.29, 1.82) is 0 Å². The number of allylic oxidation sites excluding steroid dienone is 1. The second-order valence-corrected chi connectivity index (χ2v) is 8.34. The number of hydrazone groups is 2. The summed E-state index contributed by atoms with van der Waals surface area (Å²) < 4.78 is 0. The second-order valence-electron chi connectivity index (χ2n) is 8.34. The Hall–Kier alpha value is -4.84. The molecular weight excluding hydrogens is 446 g/mol. The summed E-state index contributed by atoms with van der Waals surface area (Å²) in [6.07, 6.45) is 9.78. The lowest BCUT2D eigenvalue weighted by Gasteiger charge is -2.24. The molecule has 0 radical (unpaired) electrons. The molecule has 2 heterocycles. The lowest BCUT2D eigenvalue weighted by molar-refractivity contribution is 0.0955. The van der Waals surface area contributed by atoms with Gasteiger partial charge in [0, 0.05) is 24.4 Å². The molecule has 0 fully saturated rings. The summed E-state index contributed by atoms with van der Waals surface area (Å²) in [6.45, 7) is 0. The molecule has 5 rings (SSSR count). The third-order valence-corrected chi connectivity index (χ3v) is 5.87. The van der Waals surface area contributed by atoms with Crippen LogP contribution in [0, 0.1) is 0 Å². The van der Waals surface area contributed by atoms with Crippen molar-refractivity contribution in [2.24, 2.45) is 10.2 Å². The van der Waals surface area contributed by atoms with E-state index < -0.39 is 0 Å². The number of carbonyl (C=O) groups is 1. The minimum Gasteiger partial charge on any atom is -0.267 e.